The molecule has 0 N–H and O–H groups in total. The minimum absolute atomic E-state index is 0.00728. The molecule has 1 fully saturated rings. The Morgan fingerprint density at radius 3 is 2.19 bits per heavy atom. The van der Waals surface area contributed by atoms with Crippen molar-refractivity contribution in [2.45, 2.75) is 40.3 Å². The Hall–Kier alpha value is -1.20. The molecule has 0 saturated carbocycles. The van der Waals surface area contributed by atoms with E-state index in [9.17, 15) is 16.8 Å². The van der Waals surface area contributed by atoms with E-state index in [1.165, 1.54) is 24.3 Å². The number of morpholine rings is 1. The van der Waals surface area contributed by atoms with Crippen LogP contribution in [-0.4, -0.2) is 53.4 Å². The molecule has 0 bridgehead atoms. The first-order chi connectivity index (χ1) is 12.5. The summed E-state index contributed by atoms with van der Waals surface area (Å²) >= 11 is 6.71. The van der Waals surface area contributed by atoms with E-state index < -0.39 is 19.7 Å². The number of thiazole rings is 1. The predicted molar refractivity (Wildman–Crippen MR) is 104 cm³/mol. The van der Waals surface area contributed by atoms with Gasteiger partial charge in [-0.25, -0.2) is 21.8 Å². The number of benzene rings is 1. The van der Waals surface area contributed by atoms with Crippen LogP contribution >= 0.6 is 22.9 Å². The summed E-state index contributed by atoms with van der Waals surface area (Å²) < 4.78 is 55.8. The lowest BCUT2D eigenvalue weighted by Gasteiger charge is -2.36. The quantitative estimate of drug-likeness (QED) is 0.706. The van der Waals surface area contributed by atoms with E-state index in [1.54, 1.807) is 0 Å². The molecule has 2 heterocycles. The number of nitrogens with zero attached hydrogens (tertiary/aromatic N) is 2. The molecular weight excluding hydrogens is 432 g/mol. The Balaban J connectivity index is 2.16. The van der Waals surface area contributed by atoms with Gasteiger partial charge in [0.15, 0.2) is 5.03 Å². The van der Waals surface area contributed by atoms with Crippen molar-refractivity contribution in [3.8, 4) is 0 Å². The van der Waals surface area contributed by atoms with Crippen LogP contribution in [-0.2, 0) is 24.4 Å². The van der Waals surface area contributed by atoms with E-state index in [0.717, 1.165) is 17.6 Å². The zero-order valence-electron chi connectivity index (χ0n) is 14.9. The normalized spacial score (nSPS) is 21.4. The van der Waals surface area contributed by atoms with Gasteiger partial charge in [0.2, 0.25) is 24.0 Å². The van der Waals surface area contributed by atoms with Crippen LogP contribution in [0.15, 0.2) is 38.5 Å². The Bertz CT molecular complexity index is 1040. The van der Waals surface area contributed by atoms with Crippen LogP contribution in [0.1, 0.15) is 13.8 Å². The van der Waals surface area contributed by atoms with E-state index in [1.807, 2.05) is 18.7 Å². The fraction of sp³-hybridized carbons (Fsp3) is 0.438. The van der Waals surface area contributed by atoms with E-state index in [0.29, 0.717) is 23.1 Å². The summed E-state index contributed by atoms with van der Waals surface area (Å²) in [4.78, 5) is 5.84. The van der Waals surface area contributed by atoms with Gasteiger partial charge in [-0.3, -0.25) is 0 Å². The predicted octanol–water partition coefficient (Wildman–Crippen LogP) is 2.65. The molecular formula is C16H19ClN2O5S3. The van der Waals surface area contributed by atoms with Crippen LogP contribution < -0.4 is 4.90 Å². The van der Waals surface area contributed by atoms with Gasteiger partial charge in [-0.05, 0) is 38.1 Å². The second kappa shape index (κ2) is 7.32. The smallest absolute Gasteiger partial charge is 0.226 e. The number of hydrogen-bond acceptors (Lipinski definition) is 8. The molecule has 2 aromatic rings. The first kappa shape index (κ1) is 20.5. The van der Waals surface area contributed by atoms with Crippen molar-refractivity contribution in [3.05, 3.63) is 29.3 Å². The summed E-state index contributed by atoms with van der Waals surface area (Å²) in [5.74, 6) is 0. The molecule has 1 aromatic carbocycles. The molecule has 1 saturated heterocycles. The molecule has 0 unspecified atom stereocenters. The van der Waals surface area contributed by atoms with Crippen molar-refractivity contribution in [1.29, 1.82) is 0 Å². The monoisotopic (exact) mass is 450 g/mol. The molecule has 7 nitrogen and oxygen atoms in total. The highest BCUT2D eigenvalue weighted by Gasteiger charge is 2.34. The lowest BCUT2D eigenvalue weighted by atomic mass is 10.2. The lowest BCUT2D eigenvalue weighted by Crippen LogP contribution is -2.45. The third kappa shape index (κ3) is 4.29. The minimum atomic E-state index is -4.02. The Morgan fingerprint density at radius 2 is 1.67 bits per heavy atom. The van der Waals surface area contributed by atoms with Crippen LogP contribution in [0.2, 0.25) is 5.02 Å². The maximum atomic E-state index is 13.2. The zero-order chi connectivity index (χ0) is 20.0. The number of hydrogen-bond donors (Lipinski definition) is 0. The number of ether oxygens (including phenoxy) is 1. The van der Waals surface area contributed by atoms with Gasteiger partial charge >= 0.3 is 0 Å². The summed E-state index contributed by atoms with van der Waals surface area (Å²) in [5, 5.41) is 0.462. The Labute approximate surface area is 167 Å². The molecule has 2 atom stereocenters. The highest BCUT2D eigenvalue weighted by molar-refractivity contribution is 7.93. The van der Waals surface area contributed by atoms with Gasteiger partial charge in [0.25, 0.3) is 0 Å². The van der Waals surface area contributed by atoms with Gasteiger partial charge in [-0.1, -0.05) is 22.9 Å². The number of aromatic nitrogens is 1. The number of rotatable bonds is 4. The van der Waals surface area contributed by atoms with Gasteiger partial charge in [-0.15, -0.1) is 0 Å². The third-order valence-electron chi connectivity index (χ3n) is 3.96. The molecule has 0 amide bonds. The summed E-state index contributed by atoms with van der Waals surface area (Å²) in [6.45, 7) is 4.65. The van der Waals surface area contributed by atoms with Crippen molar-refractivity contribution < 1.29 is 21.6 Å². The molecule has 0 aliphatic carbocycles. The first-order valence-electron chi connectivity index (χ1n) is 8.10. The van der Waals surface area contributed by atoms with Crippen LogP contribution in [0.25, 0.3) is 0 Å². The molecule has 0 spiro atoms. The largest absolute Gasteiger partial charge is 0.372 e. The van der Waals surface area contributed by atoms with E-state index in [4.69, 9.17) is 16.3 Å². The molecule has 0 radical (unpaired) electrons. The molecule has 148 valence electrons. The molecule has 11 heteroatoms. The van der Waals surface area contributed by atoms with Crippen molar-refractivity contribution in [3.63, 3.8) is 0 Å². The van der Waals surface area contributed by atoms with Crippen LogP contribution in [0.4, 0.5) is 5.00 Å². The van der Waals surface area contributed by atoms with Crippen LogP contribution in [0.5, 0.6) is 0 Å². The Kier molecular flexibility index (Phi) is 5.57. The van der Waals surface area contributed by atoms with Crippen molar-refractivity contribution >= 4 is 47.6 Å². The Morgan fingerprint density at radius 1 is 1.11 bits per heavy atom. The molecule has 27 heavy (non-hydrogen) atoms. The van der Waals surface area contributed by atoms with Crippen molar-refractivity contribution in [1.82, 2.24) is 4.98 Å². The minimum Gasteiger partial charge on any atom is -0.372 e. The topological polar surface area (TPSA) is 93.6 Å². The molecule has 1 aliphatic heterocycles. The maximum absolute atomic E-state index is 13.2. The van der Waals surface area contributed by atoms with Gasteiger partial charge in [0.05, 0.1) is 17.1 Å². The second-order valence-corrected chi connectivity index (χ2v) is 12.0. The maximum Gasteiger partial charge on any atom is 0.226 e. The summed E-state index contributed by atoms with van der Waals surface area (Å²) in [6, 6.07) is 5.70. The molecule has 3 rings (SSSR count). The fourth-order valence-electron chi connectivity index (χ4n) is 2.88. The van der Waals surface area contributed by atoms with Crippen molar-refractivity contribution in [2.24, 2.45) is 0 Å². The third-order valence-corrected chi connectivity index (χ3v) is 8.82. The fourth-order valence-corrected chi connectivity index (χ4v) is 6.68. The van der Waals surface area contributed by atoms with Gasteiger partial charge in [-0.2, -0.15) is 0 Å². The lowest BCUT2D eigenvalue weighted by molar-refractivity contribution is -0.00517. The average molecular weight is 451 g/mol. The summed E-state index contributed by atoms with van der Waals surface area (Å²) in [5.41, 5.74) is 0. The molecule has 1 aromatic heterocycles. The van der Waals surface area contributed by atoms with Gasteiger partial charge in [0.1, 0.15) is 5.00 Å². The highest BCUT2D eigenvalue weighted by Crippen LogP contribution is 2.38. The van der Waals surface area contributed by atoms with Crippen molar-refractivity contribution in [2.75, 3.05) is 24.2 Å². The van der Waals surface area contributed by atoms with E-state index in [2.05, 4.69) is 4.98 Å². The molecule has 1 aliphatic rings. The number of halogens is 1. The number of anilines is 1. The highest BCUT2D eigenvalue weighted by atomic mass is 35.5. The van der Waals surface area contributed by atoms with Crippen LogP contribution in [0, 0.1) is 0 Å². The summed E-state index contributed by atoms with van der Waals surface area (Å²) in [6.07, 6.45) is 0.769. The average Bonchev–Trinajstić information content (AvgIpc) is 3.00. The zero-order valence-corrected chi connectivity index (χ0v) is 18.1. The number of sulfone groups is 2. The standard InChI is InChI=1S/C16H19ClN2O5S3/c1-10-8-19(9-11(2)24-10)15-14(18-16(25-15)26(3,20)21)27(22,23)13-6-4-12(17)5-7-13/h4-7,10-11H,8-9H2,1-3H3/t10-,11-/m0/s1. The van der Waals surface area contributed by atoms with E-state index >= 15 is 0 Å². The second-order valence-electron chi connectivity index (χ2n) is 6.48. The first-order valence-corrected chi connectivity index (χ1v) is 12.7. The van der Waals surface area contributed by atoms with Gasteiger partial charge < -0.3 is 9.64 Å². The summed E-state index contributed by atoms with van der Waals surface area (Å²) in [7, 11) is -7.67. The van der Waals surface area contributed by atoms with Gasteiger partial charge in [0, 0.05) is 24.4 Å². The van der Waals surface area contributed by atoms with E-state index in [-0.39, 0.29) is 26.5 Å². The SMILES string of the molecule is C[C@H]1CN(c2sc(S(C)(=O)=O)nc2S(=O)(=O)c2ccc(Cl)cc2)C[C@H](C)O1. The van der Waals surface area contributed by atoms with Crippen LogP contribution in [0.3, 0.4) is 0 Å².